The van der Waals surface area contributed by atoms with E-state index in [1.54, 1.807) is 0 Å². The van der Waals surface area contributed by atoms with Gasteiger partial charge in [-0.1, -0.05) is 0 Å². The van der Waals surface area contributed by atoms with E-state index < -0.39 is 0 Å². The number of ether oxygens (including phenoxy) is 3. The summed E-state index contributed by atoms with van der Waals surface area (Å²) in [6, 6.07) is -0.129. The highest BCUT2D eigenvalue weighted by molar-refractivity contribution is 5.84. The highest BCUT2D eigenvalue weighted by Crippen LogP contribution is 2.37. The van der Waals surface area contributed by atoms with Gasteiger partial charge in [-0.3, -0.25) is 4.79 Å². The van der Waals surface area contributed by atoms with Crippen LogP contribution in [0.1, 0.15) is 19.3 Å². The fourth-order valence-electron chi connectivity index (χ4n) is 3.30. The molecular weight excluding hydrogens is 234 g/mol. The molecule has 3 aliphatic heterocycles. The largest absolute Gasteiger partial charge is 0.379 e. The number of carbonyl (C=O) groups is 1. The Bertz CT molecular complexity index is 327. The van der Waals surface area contributed by atoms with Crippen LogP contribution in [0, 0.1) is 11.8 Å². The molecule has 0 aromatic rings. The van der Waals surface area contributed by atoms with E-state index in [0.29, 0.717) is 26.4 Å². The van der Waals surface area contributed by atoms with E-state index >= 15 is 0 Å². The second-order valence-electron chi connectivity index (χ2n) is 5.73. The molecule has 0 aromatic heterocycles. The van der Waals surface area contributed by atoms with Crippen LogP contribution in [0.2, 0.25) is 0 Å². The average Bonchev–Trinajstić information content (AvgIpc) is 2.98. The molecule has 5 nitrogen and oxygen atoms in total. The first kappa shape index (κ1) is 12.5. The Morgan fingerprint density at radius 3 is 2.78 bits per heavy atom. The first-order valence-electron chi connectivity index (χ1n) is 6.79. The summed E-state index contributed by atoms with van der Waals surface area (Å²) < 4.78 is 16.6. The maximum atomic E-state index is 12.5. The van der Waals surface area contributed by atoms with Crippen LogP contribution in [0.15, 0.2) is 0 Å². The van der Waals surface area contributed by atoms with Crippen molar-refractivity contribution in [2.45, 2.75) is 30.9 Å². The zero-order valence-corrected chi connectivity index (χ0v) is 10.6. The fraction of sp³-hybridized carbons (Fsp3) is 0.923. The van der Waals surface area contributed by atoms with E-state index in [1.807, 2.05) is 0 Å². The quantitative estimate of drug-likeness (QED) is 0.758. The predicted octanol–water partition coefficient (Wildman–Crippen LogP) is 0.115. The molecule has 0 aromatic carbocycles. The van der Waals surface area contributed by atoms with Crippen molar-refractivity contribution in [3.63, 3.8) is 0 Å². The van der Waals surface area contributed by atoms with Crippen LogP contribution in [0.3, 0.4) is 0 Å². The Hall–Kier alpha value is -0.490. The maximum absolute atomic E-state index is 12.5. The summed E-state index contributed by atoms with van der Waals surface area (Å²) in [7, 11) is 0. The normalized spacial score (nSPS) is 44.6. The van der Waals surface area contributed by atoms with Crippen molar-refractivity contribution in [3.8, 4) is 0 Å². The van der Waals surface area contributed by atoms with Gasteiger partial charge in [-0.25, -0.2) is 0 Å². The molecule has 3 aliphatic rings. The van der Waals surface area contributed by atoms with Crippen molar-refractivity contribution in [1.29, 1.82) is 0 Å². The molecule has 0 aliphatic carbocycles. The van der Waals surface area contributed by atoms with Crippen molar-refractivity contribution >= 4 is 5.78 Å². The number of ketones is 1. The Balaban J connectivity index is 1.66. The lowest BCUT2D eigenvalue weighted by molar-refractivity contribution is -0.140. The first-order chi connectivity index (χ1) is 8.70. The van der Waals surface area contributed by atoms with Gasteiger partial charge in [0.05, 0.1) is 31.3 Å². The fourth-order valence-corrected chi connectivity index (χ4v) is 3.30. The van der Waals surface area contributed by atoms with Crippen LogP contribution >= 0.6 is 0 Å². The summed E-state index contributed by atoms with van der Waals surface area (Å²) >= 11 is 0. The zero-order valence-electron chi connectivity index (χ0n) is 10.6. The van der Waals surface area contributed by atoms with Gasteiger partial charge >= 0.3 is 0 Å². The SMILES string of the molecule is NC1COCC1C(=O)C1CCOC2(CCOC2)C1. The van der Waals surface area contributed by atoms with E-state index in [9.17, 15) is 4.79 Å². The van der Waals surface area contributed by atoms with Gasteiger partial charge in [0.2, 0.25) is 0 Å². The molecule has 3 rings (SSSR count). The molecule has 0 amide bonds. The zero-order chi connectivity index (χ0) is 12.6. The summed E-state index contributed by atoms with van der Waals surface area (Å²) in [6.07, 6.45) is 2.50. The van der Waals surface area contributed by atoms with Crippen LogP contribution in [0.25, 0.3) is 0 Å². The molecule has 0 saturated carbocycles. The van der Waals surface area contributed by atoms with Crippen LogP contribution < -0.4 is 5.73 Å². The predicted molar refractivity (Wildman–Crippen MR) is 64.1 cm³/mol. The maximum Gasteiger partial charge on any atom is 0.143 e. The molecule has 18 heavy (non-hydrogen) atoms. The molecule has 3 fully saturated rings. The first-order valence-corrected chi connectivity index (χ1v) is 6.79. The van der Waals surface area contributed by atoms with Crippen molar-refractivity contribution in [1.82, 2.24) is 0 Å². The molecule has 4 unspecified atom stereocenters. The van der Waals surface area contributed by atoms with Gasteiger partial charge in [0.15, 0.2) is 0 Å². The molecule has 3 heterocycles. The summed E-state index contributed by atoms with van der Waals surface area (Å²) in [5.41, 5.74) is 5.72. The third-order valence-corrected chi connectivity index (χ3v) is 4.45. The lowest BCUT2D eigenvalue weighted by Gasteiger charge is -2.37. The lowest BCUT2D eigenvalue weighted by Crippen LogP contribution is -2.46. The number of carbonyl (C=O) groups excluding carboxylic acids is 1. The van der Waals surface area contributed by atoms with Gasteiger partial charge in [0.25, 0.3) is 0 Å². The number of Topliss-reactive ketones (excluding diaryl/α,β-unsaturated/α-hetero) is 1. The standard InChI is InChI=1S/C13H21NO4/c14-11-7-17-6-10(11)12(15)9-1-3-18-13(5-9)2-4-16-8-13/h9-11H,1-8,14H2. The third kappa shape index (κ3) is 2.20. The van der Waals surface area contributed by atoms with E-state index in [2.05, 4.69) is 0 Å². The van der Waals surface area contributed by atoms with E-state index in [0.717, 1.165) is 25.9 Å². The molecule has 5 heteroatoms. The summed E-state index contributed by atoms with van der Waals surface area (Å²) in [6.45, 7) is 3.02. The third-order valence-electron chi connectivity index (χ3n) is 4.45. The van der Waals surface area contributed by atoms with Gasteiger partial charge < -0.3 is 19.9 Å². The molecule has 0 bridgehead atoms. The van der Waals surface area contributed by atoms with Crippen molar-refractivity contribution < 1.29 is 19.0 Å². The summed E-state index contributed by atoms with van der Waals surface area (Å²) in [4.78, 5) is 12.5. The highest BCUT2D eigenvalue weighted by Gasteiger charge is 2.45. The van der Waals surface area contributed by atoms with Crippen LogP contribution in [0.4, 0.5) is 0 Å². The Kier molecular flexibility index (Phi) is 3.40. The Morgan fingerprint density at radius 2 is 2.11 bits per heavy atom. The number of rotatable bonds is 2. The molecule has 2 N–H and O–H groups in total. The molecule has 102 valence electrons. The minimum atomic E-state index is -0.206. The molecule has 3 saturated heterocycles. The smallest absolute Gasteiger partial charge is 0.143 e. The Labute approximate surface area is 107 Å². The second-order valence-corrected chi connectivity index (χ2v) is 5.73. The number of hydrogen-bond acceptors (Lipinski definition) is 5. The van der Waals surface area contributed by atoms with Crippen LogP contribution in [-0.2, 0) is 19.0 Å². The van der Waals surface area contributed by atoms with Gasteiger partial charge in [-0.15, -0.1) is 0 Å². The van der Waals surface area contributed by atoms with E-state index in [-0.39, 0.29) is 29.3 Å². The highest BCUT2D eigenvalue weighted by atomic mass is 16.6. The minimum Gasteiger partial charge on any atom is -0.379 e. The van der Waals surface area contributed by atoms with Crippen molar-refractivity contribution in [3.05, 3.63) is 0 Å². The van der Waals surface area contributed by atoms with Gasteiger partial charge in [0, 0.05) is 31.6 Å². The second kappa shape index (κ2) is 4.89. The molecule has 0 radical (unpaired) electrons. The molecular formula is C13H21NO4. The Morgan fingerprint density at radius 1 is 1.22 bits per heavy atom. The summed E-state index contributed by atoms with van der Waals surface area (Å²) in [5, 5.41) is 0. The van der Waals surface area contributed by atoms with Gasteiger partial charge in [0.1, 0.15) is 5.78 Å². The minimum absolute atomic E-state index is 0.0678. The molecule has 1 spiro atoms. The number of hydrogen-bond donors (Lipinski definition) is 1. The van der Waals surface area contributed by atoms with Crippen LogP contribution in [-0.4, -0.2) is 50.5 Å². The monoisotopic (exact) mass is 255 g/mol. The van der Waals surface area contributed by atoms with Crippen molar-refractivity contribution in [2.24, 2.45) is 17.6 Å². The van der Waals surface area contributed by atoms with Crippen LogP contribution in [0.5, 0.6) is 0 Å². The van der Waals surface area contributed by atoms with Crippen molar-refractivity contribution in [2.75, 3.05) is 33.0 Å². The number of nitrogens with two attached hydrogens (primary N) is 1. The van der Waals surface area contributed by atoms with E-state index in [1.165, 1.54) is 0 Å². The lowest BCUT2D eigenvalue weighted by atomic mass is 9.78. The topological polar surface area (TPSA) is 70.8 Å². The average molecular weight is 255 g/mol. The summed E-state index contributed by atoms with van der Waals surface area (Å²) in [5.74, 6) is 0.222. The van der Waals surface area contributed by atoms with Gasteiger partial charge in [-0.05, 0) is 12.8 Å². The van der Waals surface area contributed by atoms with Gasteiger partial charge in [-0.2, -0.15) is 0 Å². The molecule has 4 atom stereocenters. The van der Waals surface area contributed by atoms with E-state index in [4.69, 9.17) is 19.9 Å².